The zero-order valence-corrected chi connectivity index (χ0v) is 16.5. The molecule has 152 valence electrons. The number of nitrogens with zero attached hydrogens (tertiary/aromatic N) is 2. The topological polar surface area (TPSA) is 124 Å². The van der Waals surface area contributed by atoms with E-state index >= 15 is 0 Å². The fourth-order valence-corrected chi connectivity index (χ4v) is 3.99. The summed E-state index contributed by atoms with van der Waals surface area (Å²) in [6, 6.07) is 10.3. The van der Waals surface area contributed by atoms with Crippen molar-refractivity contribution in [3.63, 3.8) is 0 Å². The molecular weight excluding hydrogens is 400 g/mol. The van der Waals surface area contributed by atoms with Crippen molar-refractivity contribution in [3.05, 3.63) is 63.7 Å². The number of benzene rings is 2. The first-order chi connectivity index (χ1) is 13.6. The van der Waals surface area contributed by atoms with Gasteiger partial charge in [0.05, 0.1) is 10.5 Å². The lowest BCUT2D eigenvalue weighted by Crippen LogP contribution is -2.39. The molecule has 0 aliphatic carbocycles. The zero-order chi connectivity index (χ0) is 21.3. The van der Waals surface area contributed by atoms with Crippen molar-refractivity contribution in [1.82, 2.24) is 0 Å². The monoisotopic (exact) mass is 418 g/mol. The third-order valence-corrected chi connectivity index (χ3v) is 5.72. The van der Waals surface area contributed by atoms with Crippen LogP contribution >= 0.6 is 0 Å². The minimum atomic E-state index is -3.85. The van der Waals surface area contributed by atoms with Gasteiger partial charge in [-0.05, 0) is 37.1 Å². The molecule has 0 radical (unpaired) electrons. The summed E-state index contributed by atoms with van der Waals surface area (Å²) in [6.45, 7) is 1.88. The molecular formula is C19H18N2O7S. The zero-order valence-electron chi connectivity index (χ0n) is 15.7. The van der Waals surface area contributed by atoms with E-state index in [9.17, 15) is 28.1 Å². The summed E-state index contributed by atoms with van der Waals surface area (Å²) in [5.41, 5.74) is 0.833. The maximum Gasteiger partial charge on any atom is 0.339 e. The molecule has 0 unspecified atom stereocenters. The molecule has 1 heterocycles. The highest BCUT2D eigenvalue weighted by Gasteiger charge is 2.31. The number of rotatable bonds is 5. The highest BCUT2D eigenvalue weighted by Crippen LogP contribution is 2.29. The summed E-state index contributed by atoms with van der Waals surface area (Å²) >= 11 is 0. The predicted molar refractivity (Wildman–Crippen MR) is 104 cm³/mol. The van der Waals surface area contributed by atoms with Gasteiger partial charge in [-0.25, -0.2) is 13.2 Å². The van der Waals surface area contributed by atoms with E-state index in [4.69, 9.17) is 4.74 Å². The Bertz CT molecular complexity index is 1110. The molecule has 1 aliphatic rings. The van der Waals surface area contributed by atoms with E-state index in [0.717, 1.165) is 35.7 Å². The molecule has 0 spiro atoms. The van der Waals surface area contributed by atoms with E-state index in [-0.39, 0.29) is 5.56 Å². The first kappa shape index (κ1) is 20.5. The molecule has 0 aromatic heterocycles. The molecule has 0 N–H and O–H groups in total. The summed E-state index contributed by atoms with van der Waals surface area (Å²) in [5, 5.41) is 11.2. The van der Waals surface area contributed by atoms with Crippen LogP contribution in [0.25, 0.3) is 0 Å². The predicted octanol–water partition coefficient (Wildman–Crippen LogP) is 2.13. The Balaban J connectivity index is 1.79. The summed E-state index contributed by atoms with van der Waals surface area (Å²) in [6.07, 6.45) is 0.409. The number of amides is 1. The fourth-order valence-electron chi connectivity index (χ4n) is 3.17. The largest absolute Gasteiger partial charge is 0.449 e. The number of hydrogen-bond donors (Lipinski definition) is 0. The highest BCUT2D eigenvalue weighted by atomic mass is 32.2. The SMILES string of the molecule is C[C@H](OC(=O)c1ccc(S(C)(=O)=O)c([N+](=O)[O-])c1)C(=O)N1CCc2ccccc21. The van der Waals surface area contributed by atoms with Crippen LogP contribution in [0.15, 0.2) is 47.4 Å². The summed E-state index contributed by atoms with van der Waals surface area (Å²) < 4.78 is 28.6. The Kier molecular flexibility index (Phi) is 5.38. The molecule has 1 amide bonds. The van der Waals surface area contributed by atoms with Crippen molar-refractivity contribution in [3.8, 4) is 0 Å². The number of ether oxygens (including phenoxy) is 1. The number of anilines is 1. The average Bonchev–Trinajstić information content (AvgIpc) is 3.10. The van der Waals surface area contributed by atoms with Crippen LogP contribution in [0.5, 0.6) is 0 Å². The Morgan fingerprint density at radius 2 is 1.90 bits per heavy atom. The quantitative estimate of drug-likeness (QED) is 0.414. The van der Waals surface area contributed by atoms with Crippen LogP contribution in [0.1, 0.15) is 22.8 Å². The minimum Gasteiger partial charge on any atom is -0.449 e. The Labute approximate surface area is 167 Å². The molecule has 1 atom stereocenters. The number of carbonyl (C=O) groups excluding carboxylic acids is 2. The third-order valence-electron chi connectivity index (χ3n) is 4.58. The van der Waals surface area contributed by atoms with Gasteiger partial charge in [0.25, 0.3) is 11.6 Å². The molecule has 2 aromatic rings. The lowest BCUT2D eigenvalue weighted by molar-refractivity contribution is -0.387. The van der Waals surface area contributed by atoms with Gasteiger partial charge in [0, 0.05) is 24.6 Å². The van der Waals surface area contributed by atoms with E-state index in [2.05, 4.69) is 0 Å². The number of esters is 1. The van der Waals surface area contributed by atoms with Crippen LogP contribution in [0, 0.1) is 10.1 Å². The Hall–Kier alpha value is -3.27. The first-order valence-corrected chi connectivity index (χ1v) is 10.6. The highest BCUT2D eigenvalue weighted by molar-refractivity contribution is 7.90. The van der Waals surface area contributed by atoms with E-state index in [1.807, 2.05) is 24.3 Å². The van der Waals surface area contributed by atoms with Crippen LogP contribution in [0.3, 0.4) is 0 Å². The van der Waals surface area contributed by atoms with Crippen molar-refractivity contribution < 1.29 is 27.7 Å². The number of sulfone groups is 1. The smallest absolute Gasteiger partial charge is 0.339 e. The van der Waals surface area contributed by atoms with Crippen LogP contribution in [-0.4, -0.2) is 44.1 Å². The van der Waals surface area contributed by atoms with Crippen molar-refractivity contribution >= 4 is 33.1 Å². The van der Waals surface area contributed by atoms with Crippen molar-refractivity contribution in [2.24, 2.45) is 0 Å². The second-order valence-corrected chi connectivity index (χ2v) is 8.61. The number of fused-ring (bicyclic) bond motifs is 1. The van der Waals surface area contributed by atoms with Gasteiger partial charge in [-0.3, -0.25) is 14.9 Å². The summed E-state index contributed by atoms with van der Waals surface area (Å²) in [7, 11) is -3.85. The molecule has 29 heavy (non-hydrogen) atoms. The first-order valence-electron chi connectivity index (χ1n) is 8.68. The van der Waals surface area contributed by atoms with Crippen molar-refractivity contribution in [2.75, 3.05) is 17.7 Å². The Morgan fingerprint density at radius 1 is 1.21 bits per heavy atom. The average molecular weight is 418 g/mol. The maximum absolute atomic E-state index is 12.7. The number of para-hydroxylation sites is 1. The van der Waals surface area contributed by atoms with Gasteiger partial charge in [-0.1, -0.05) is 18.2 Å². The van der Waals surface area contributed by atoms with Crippen LogP contribution in [-0.2, 0) is 25.8 Å². The van der Waals surface area contributed by atoms with E-state index < -0.39 is 43.3 Å². The third kappa shape index (κ3) is 4.11. The van der Waals surface area contributed by atoms with Gasteiger partial charge >= 0.3 is 5.97 Å². The molecule has 0 fully saturated rings. The summed E-state index contributed by atoms with van der Waals surface area (Å²) in [5.74, 6) is -1.37. The van der Waals surface area contributed by atoms with Crippen molar-refractivity contribution in [2.45, 2.75) is 24.3 Å². The lowest BCUT2D eigenvalue weighted by atomic mass is 10.2. The van der Waals surface area contributed by atoms with Gasteiger partial charge in [-0.2, -0.15) is 0 Å². The van der Waals surface area contributed by atoms with Crippen LogP contribution in [0.2, 0.25) is 0 Å². The maximum atomic E-state index is 12.7. The van der Waals surface area contributed by atoms with Gasteiger partial charge in [0.2, 0.25) is 0 Å². The summed E-state index contributed by atoms with van der Waals surface area (Å²) in [4.78, 5) is 36.4. The van der Waals surface area contributed by atoms with E-state index in [1.54, 1.807) is 0 Å². The Morgan fingerprint density at radius 3 is 2.55 bits per heavy atom. The molecule has 9 nitrogen and oxygen atoms in total. The van der Waals surface area contributed by atoms with Gasteiger partial charge < -0.3 is 9.64 Å². The standard InChI is InChI=1S/C19H18N2O7S/c1-12(18(22)20-10-9-13-5-3-4-6-15(13)20)28-19(23)14-7-8-17(29(2,26)27)16(11-14)21(24)25/h3-8,11-12H,9-10H2,1-2H3/t12-/m0/s1. The van der Waals surface area contributed by atoms with Gasteiger partial charge in [0.15, 0.2) is 15.9 Å². The van der Waals surface area contributed by atoms with E-state index in [0.29, 0.717) is 13.0 Å². The number of carbonyl (C=O) groups is 2. The molecule has 10 heteroatoms. The second-order valence-electron chi connectivity index (χ2n) is 6.63. The second kappa shape index (κ2) is 7.63. The fraction of sp³-hybridized carbons (Fsp3) is 0.263. The van der Waals surface area contributed by atoms with Crippen LogP contribution in [0.4, 0.5) is 11.4 Å². The number of nitro groups is 1. The molecule has 0 saturated heterocycles. The van der Waals surface area contributed by atoms with Gasteiger partial charge in [0.1, 0.15) is 4.90 Å². The molecule has 0 saturated carbocycles. The van der Waals surface area contributed by atoms with Gasteiger partial charge in [-0.15, -0.1) is 0 Å². The number of hydrogen-bond acceptors (Lipinski definition) is 7. The lowest BCUT2D eigenvalue weighted by Gasteiger charge is -2.21. The normalized spacial score (nSPS) is 14.2. The van der Waals surface area contributed by atoms with Crippen molar-refractivity contribution in [1.29, 1.82) is 0 Å². The minimum absolute atomic E-state index is 0.217. The molecule has 1 aliphatic heterocycles. The molecule has 0 bridgehead atoms. The molecule has 3 rings (SSSR count). The number of nitro benzene ring substituents is 1. The van der Waals surface area contributed by atoms with Crippen LogP contribution < -0.4 is 4.90 Å². The van der Waals surface area contributed by atoms with E-state index in [1.165, 1.54) is 11.8 Å². The molecule has 2 aromatic carbocycles.